The quantitative estimate of drug-likeness (QED) is 0.342. The van der Waals surface area contributed by atoms with Crippen LogP contribution in [0.1, 0.15) is 13.3 Å². The van der Waals surface area contributed by atoms with E-state index in [-0.39, 0.29) is 6.42 Å². The van der Waals surface area contributed by atoms with Crippen LogP contribution in [0.5, 0.6) is 0 Å². The van der Waals surface area contributed by atoms with Gasteiger partial charge in [-0.2, -0.15) is 0 Å². The number of rotatable bonds is 4. The Kier molecular flexibility index (Phi) is 5.45. The van der Waals surface area contributed by atoms with Gasteiger partial charge in [0.15, 0.2) is 6.10 Å². The monoisotopic (exact) mass is 266 g/mol. The van der Waals surface area contributed by atoms with Gasteiger partial charge in [-0.15, -0.1) is 0 Å². The SMILES string of the molecule is CCC(O)C(=O)OC1O[C@H](CO)[C@@H](O)[C@H](O)[C@H]1O. The Morgan fingerprint density at radius 3 is 2.39 bits per heavy atom. The molecule has 1 fully saturated rings. The van der Waals surface area contributed by atoms with E-state index in [4.69, 9.17) is 9.84 Å². The minimum absolute atomic E-state index is 0.121. The maximum Gasteiger partial charge on any atom is 0.337 e. The molecule has 0 aliphatic carbocycles. The number of aliphatic hydroxyl groups excluding tert-OH is 5. The molecule has 8 nitrogen and oxygen atoms in total. The van der Waals surface area contributed by atoms with Crippen LogP contribution in [-0.2, 0) is 14.3 Å². The maximum atomic E-state index is 11.3. The van der Waals surface area contributed by atoms with Gasteiger partial charge in [0.1, 0.15) is 24.4 Å². The second-order valence-electron chi connectivity index (χ2n) is 4.06. The highest BCUT2D eigenvalue weighted by molar-refractivity contribution is 5.74. The molecule has 0 aromatic carbocycles. The predicted molar refractivity (Wildman–Crippen MR) is 56.2 cm³/mol. The van der Waals surface area contributed by atoms with Crippen LogP contribution < -0.4 is 0 Å². The van der Waals surface area contributed by atoms with Crippen LogP contribution in [-0.4, -0.2) is 74.9 Å². The van der Waals surface area contributed by atoms with Gasteiger partial charge in [-0.05, 0) is 6.42 Å². The summed E-state index contributed by atoms with van der Waals surface area (Å²) in [7, 11) is 0. The van der Waals surface area contributed by atoms with Crippen molar-refractivity contribution in [3.8, 4) is 0 Å². The van der Waals surface area contributed by atoms with Crippen molar-refractivity contribution in [3.05, 3.63) is 0 Å². The summed E-state index contributed by atoms with van der Waals surface area (Å²) in [6.45, 7) is 0.939. The van der Waals surface area contributed by atoms with Gasteiger partial charge in [0.2, 0.25) is 6.29 Å². The Balaban J connectivity index is 2.67. The van der Waals surface area contributed by atoms with Crippen molar-refractivity contribution < 1.29 is 39.8 Å². The number of carbonyl (C=O) groups excluding carboxylic acids is 1. The second-order valence-corrected chi connectivity index (χ2v) is 4.06. The molecule has 1 saturated heterocycles. The standard InChI is InChI=1S/C10H18O8/c1-2-4(12)9(16)18-10-8(15)7(14)6(13)5(3-11)17-10/h4-8,10-15H,2-3H2,1H3/t4?,5-,6-,7+,8-,10?/m1/s1. The van der Waals surface area contributed by atoms with Gasteiger partial charge in [-0.1, -0.05) is 6.92 Å². The van der Waals surface area contributed by atoms with Crippen LogP contribution in [0, 0.1) is 0 Å². The molecule has 6 atom stereocenters. The summed E-state index contributed by atoms with van der Waals surface area (Å²) in [4.78, 5) is 11.3. The van der Waals surface area contributed by atoms with Gasteiger partial charge in [-0.3, -0.25) is 0 Å². The topological polar surface area (TPSA) is 137 Å². The molecule has 0 aromatic rings. The largest absolute Gasteiger partial charge is 0.431 e. The first-order chi connectivity index (χ1) is 8.42. The van der Waals surface area contributed by atoms with Crippen molar-refractivity contribution >= 4 is 5.97 Å². The van der Waals surface area contributed by atoms with Gasteiger partial charge < -0.3 is 35.0 Å². The van der Waals surface area contributed by atoms with E-state index in [2.05, 4.69) is 4.74 Å². The van der Waals surface area contributed by atoms with Crippen LogP contribution in [0.3, 0.4) is 0 Å². The summed E-state index contributed by atoms with van der Waals surface area (Å²) >= 11 is 0. The number of hydrogen-bond acceptors (Lipinski definition) is 8. The Morgan fingerprint density at radius 2 is 1.89 bits per heavy atom. The fraction of sp³-hybridized carbons (Fsp3) is 0.900. The van der Waals surface area contributed by atoms with Gasteiger partial charge in [0, 0.05) is 0 Å². The minimum atomic E-state index is -1.66. The van der Waals surface area contributed by atoms with E-state index in [9.17, 15) is 25.2 Å². The lowest BCUT2D eigenvalue weighted by Gasteiger charge is -2.39. The minimum Gasteiger partial charge on any atom is -0.431 e. The van der Waals surface area contributed by atoms with Gasteiger partial charge in [0.05, 0.1) is 6.61 Å². The van der Waals surface area contributed by atoms with Crippen LogP contribution in [0.15, 0.2) is 0 Å². The summed E-state index contributed by atoms with van der Waals surface area (Å²) in [6.07, 6.45) is -8.73. The Hall–Kier alpha value is -0.770. The summed E-state index contributed by atoms with van der Waals surface area (Å²) in [6, 6.07) is 0. The molecule has 1 aliphatic rings. The Bertz CT molecular complexity index is 281. The third kappa shape index (κ3) is 3.16. The summed E-state index contributed by atoms with van der Waals surface area (Å²) < 4.78 is 9.60. The van der Waals surface area contributed by atoms with Crippen molar-refractivity contribution in [1.82, 2.24) is 0 Å². The van der Waals surface area contributed by atoms with Crippen molar-refractivity contribution in [1.29, 1.82) is 0 Å². The lowest BCUT2D eigenvalue weighted by molar-refractivity contribution is -0.294. The summed E-state index contributed by atoms with van der Waals surface area (Å²) in [5.41, 5.74) is 0. The number of carbonyl (C=O) groups is 1. The van der Waals surface area contributed by atoms with E-state index in [1.807, 2.05) is 0 Å². The summed E-state index contributed by atoms with van der Waals surface area (Å²) in [5.74, 6) is -1.01. The van der Waals surface area contributed by atoms with Crippen molar-refractivity contribution in [2.24, 2.45) is 0 Å². The molecule has 1 rings (SSSR count). The fourth-order valence-electron chi connectivity index (χ4n) is 1.52. The van der Waals surface area contributed by atoms with E-state index < -0.39 is 49.4 Å². The first kappa shape index (κ1) is 15.3. The lowest BCUT2D eigenvalue weighted by Crippen LogP contribution is -2.59. The first-order valence-corrected chi connectivity index (χ1v) is 5.61. The zero-order chi connectivity index (χ0) is 13.9. The predicted octanol–water partition coefficient (Wildman–Crippen LogP) is -2.90. The molecular weight excluding hydrogens is 248 g/mol. The molecule has 8 heteroatoms. The molecule has 2 unspecified atom stereocenters. The molecule has 5 N–H and O–H groups in total. The van der Waals surface area contributed by atoms with Crippen molar-refractivity contribution in [2.45, 2.75) is 50.2 Å². The molecule has 0 aromatic heterocycles. The van der Waals surface area contributed by atoms with Gasteiger partial charge in [0.25, 0.3) is 0 Å². The third-order valence-electron chi connectivity index (χ3n) is 2.74. The lowest BCUT2D eigenvalue weighted by atomic mass is 9.99. The van der Waals surface area contributed by atoms with Crippen LogP contribution in [0.25, 0.3) is 0 Å². The number of ether oxygens (including phenoxy) is 2. The number of aliphatic hydroxyl groups is 5. The Morgan fingerprint density at radius 1 is 1.28 bits per heavy atom. The van der Waals surface area contributed by atoms with Crippen molar-refractivity contribution in [2.75, 3.05) is 6.61 Å². The highest BCUT2D eigenvalue weighted by atomic mass is 16.7. The molecule has 0 saturated carbocycles. The number of esters is 1. The molecule has 1 aliphatic heterocycles. The highest BCUT2D eigenvalue weighted by Crippen LogP contribution is 2.22. The average molecular weight is 266 g/mol. The molecule has 18 heavy (non-hydrogen) atoms. The molecule has 0 radical (unpaired) electrons. The van der Waals surface area contributed by atoms with E-state index in [0.29, 0.717) is 0 Å². The van der Waals surface area contributed by atoms with Crippen LogP contribution in [0.4, 0.5) is 0 Å². The van der Waals surface area contributed by atoms with E-state index in [0.717, 1.165) is 0 Å². The van der Waals surface area contributed by atoms with E-state index >= 15 is 0 Å². The van der Waals surface area contributed by atoms with Crippen LogP contribution in [0.2, 0.25) is 0 Å². The number of hydrogen-bond donors (Lipinski definition) is 5. The van der Waals surface area contributed by atoms with Gasteiger partial charge in [-0.25, -0.2) is 4.79 Å². The molecule has 1 heterocycles. The zero-order valence-electron chi connectivity index (χ0n) is 9.84. The zero-order valence-corrected chi connectivity index (χ0v) is 9.84. The molecule has 0 spiro atoms. The van der Waals surface area contributed by atoms with Gasteiger partial charge >= 0.3 is 5.97 Å². The fourth-order valence-corrected chi connectivity index (χ4v) is 1.52. The Labute approximate surface area is 103 Å². The normalized spacial score (nSPS) is 38.2. The highest BCUT2D eigenvalue weighted by Gasteiger charge is 2.45. The van der Waals surface area contributed by atoms with Crippen LogP contribution >= 0.6 is 0 Å². The molecular formula is C10H18O8. The van der Waals surface area contributed by atoms with Crippen molar-refractivity contribution in [3.63, 3.8) is 0 Å². The smallest absolute Gasteiger partial charge is 0.337 e. The first-order valence-electron chi connectivity index (χ1n) is 5.61. The average Bonchev–Trinajstić information content (AvgIpc) is 2.38. The van der Waals surface area contributed by atoms with E-state index in [1.165, 1.54) is 0 Å². The molecule has 106 valence electrons. The second kappa shape index (κ2) is 6.41. The van der Waals surface area contributed by atoms with E-state index in [1.54, 1.807) is 6.92 Å². The third-order valence-corrected chi connectivity index (χ3v) is 2.74. The molecule has 0 amide bonds. The summed E-state index contributed by atoms with van der Waals surface area (Å²) in [5, 5.41) is 46.6. The maximum absolute atomic E-state index is 11.3. The molecule has 0 bridgehead atoms.